The number of hydrogen-bond acceptors (Lipinski definition) is 6. The summed E-state index contributed by atoms with van der Waals surface area (Å²) in [6.45, 7) is 9.83. The fourth-order valence-electron chi connectivity index (χ4n) is 7.29. The number of amides is 2. The Morgan fingerprint density at radius 2 is 1.49 bits per heavy atom. The summed E-state index contributed by atoms with van der Waals surface area (Å²) in [7, 11) is 4.94. The lowest BCUT2D eigenvalue weighted by Crippen LogP contribution is -2.48. The van der Waals surface area contributed by atoms with Gasteiger partial charge in [-0.15, -0.1) is 0 Å². The lowest BCUT2D eigenvalue weighted by atomic mass is 9.75. The number of nitrogens with zero attached hydrogens (tertiary/aromatic N) is 6. The number of benzene rings is 4. The monoisotopic (exact) mass is 696 g/mol. The first kappa shape index (κ1) is 34.9. The van der Waals surface area contributed by atoms with E-state index in [0.29, 0.717) is 50.2 Å². The number of fused-ring (bicyclic) bond motifs is 1. The van der Waals surface area contributed by atoms with Crippen molar-refractivity contribution in [2.75, 3.05) is 26.1 Å². The number of aromatic nitrogens is 2. The largest absolute Gasteiger partial charge is 0.496 e. The number of halogens is 1. The molecule has 2 heterocycles. The maximum absolute atomic E-state index is 15.3. The molecule has 0 fully saturated rings. The molecule has 0 atom stereocenters. The predicted molar refractivity (Wildman–Crippen MR) is 197 cm³/mol. The van der Waals surface area contributed by atoms with Crippen molar-refractivity contribution >= 4 is 29.1 Å². The summed E-state index contributed by atoms with van der Waals surface area (Å²) in [5.74, 6) is 0.394. The lowest BCUT2D eigenvalue weighted by molar-refractivity contribution is 0.0827. The highest BCUT2D eigenvalue weighted by molar-refractivity contribution is 6.31. The minimum atomic E-state index is -1.36. The van der Waals surface area contributed by atoms with Gasteiger partial charge in [-0.1, -0.05) is 29.8 Å². The molecule has 51 heavy (non-hydrogen) atoms. The highest BCUT2D eigenvalue weighted by atomic mass is 35.5. The first-order valence-corrected chi connectivity index (χ1v) is 16.8. The molecule has 10 heteroatoms. The van der Waals surface area contributed by atoms with Crippen LogP contribution in [0.25, 0.3) is 11.4 Å². The molecule has 4 aromatic carbocycles. The molecular formula is C41H37ClN6O3. The highest BCUT2D eigenvalue weighted by Gasteiger charge is 2.58. The SMILES string of the molecule is COc1ccc(C(=O)N(C)C)cc1-c1nc2c(n1C(C)C)C(c1ccc(C#N)cc1C)(c1ccc(C#N)cc1C)N(c1cc(Cl)ccc1C)C2=O. The Kier molecular flexibility index (Phi) is 8.97. The van der Waals surface area contributed by atoms with Crippen LogP contribution in [0, 0.1) is 43.4 Å². The third-order valence-electron chi connectivity index (χ3n) is 9.51. The van der Waals surface area contributed by atoms with E-state index in [4.69, 9.17) is 21.3 Å². The summed E-state index contributed by atoms with van der Waals surface area (Å²) in [4.78, 5) is 36.9. The van der Waals surface area contributed by atoms with Crippen molar-refractivity contribution in [2.24, 2.45) is 0 Å². The van der Waals surface area contributed by atoms with Crippen LogP contribution in [0.4, 0.5) is 5.69 Å². The van der Waals surface area contributed by atoms with Crippen molar-refractivity contribution < 1.29 is 14.3 Å². The van der Waals surface area contributed by atoms with Crippen LogP contribution in [0.15, 0.2) is 72.8 Å². The molecule has 2 amide bonds. The summed E-state index contributed by atoms with van der Waals surface area (Å²) in [6, 6.07) is 25.8. The Balaban J connectivity index is 1.85. The van der Waals surface area contributed by atoms with Crippen molar-refractivity contribution in [2.45, 2.75) is 46.2 Å². The molecular weight excluding hydrogens is 660 g/mol. The Morgan fingerprint density at radius 3 is 2.00 bits per heavy atom. The molecule has 0 radical (unpaired) electrons. The van der Waals surface area contributed by atoms with Crippen molar-refractivity contribution in [3.63, 3.8) is 0 Å². The third-order valence-corrected chi connectivity index (χ3v) is 9.74. The van der Waals surface area contributed by atoms with Gasteiger partial charge in [0.2, 0.25) is 0 Å². The number of ether oxygens (including phenoxy) is 1. The zero-order valence-corrected chi connectivity index (χ0v) is 30.5. The molecule has 0 N–H and O–H groups in total. The second kappa shape index (κ2) is 13.1. The van der Waals surface area contributed by atoms with Crippen molar-refractivity contribution in [1.82, 2.24) is 14.5 Å². The number of nitriles is 2. The lowest BCUT2D eigenvalue weighted by Gasteiger charge is -2.43. The molecule has 0 saturated carbocycles. The molecule has 1 aliphatic heterocycles. The molecule has 9 nitrogen and oxygen atoms in total. The molecule has 0 spiro atoms. The van der Waals surface area contributed by atoms with E-state index in [2.05, 4.69) is 12.1 Å². The van der Waals surface area contributed by atoms with Gasteiger partial charge in [-0.05, 0) is 117 Å². The van der Waals surface area contributed by atoms with Crippen molar-refractivity contribution in [1.29, 1.82) is 10.5 Å². The van der Waals surface area contributed by atoms with Crippen LogP contribution in [0.5, 0.6) is 5.75 Å². The van der Waals surface area contributed by atoms with Crippen LogP contribution in [-0.2, 0) is 5.54 Å². The van der Waals surface area contributed by atoms with Crippen LogP contribution in [0.1, 0.15) is 85.4 Å². The number of rotatable bonds is 7. The Labute approximate surface area is 302 Å². The Morgan fingerprint density at radius 1 is 0.882 bits per heavy atom. The summed E-state index contributed by atoms with van der Waals surface area (Å²) in [5, 5.41) is 20.2. The maximum atomic E-state index is 15.3. The average molecular weight is 697 g/mol. The molecule has 1 aliphatic rings. The maximum Gasteiger partial charge on any atom is 0.280 e. The summed E-state index contributed by atoms with van der Waals surface area (Å²) >= 11 is 6.66. The topological polar surface area (TPSA) is 115 Å². The van der Waals surface area contributed by atoms with Crippen LogP contribution in [0.3, 0.4) is 0 Å². The zero-order valence-electron chi connectivity index (χ0n) is 29.8. The molecule has 6 rings (SSSR count). The highest BCUT2D eigenvalue weighted by Crippen LogP contribution is 2.55. The fraction of sp³-hybridized carbons (Fsp3) is 0.244. The fourth-order valence-corrected chi connectivity index (χ4v) is 7.46. The number of aryl methyl sites for hydroxylation is 3. The average Bonchev–Trinajstić information content (AvgIpc) is 3.62. The van der Waals surface area contributed by atoms with Gasteiger partial charge in [0.1, 0.15) is 17.1 Å². The van der Waals surface area contributed by atoms with E-state index in [-0.39, 0.29) is 23.6 Å². The quantitative estimate of drug-likeness (QED) is 0.170. The van der Waals surface area contributed by atoms with E-state index in [9.17, 15) is 15.3 Å². The van der Waals surface area contributed by atoms with E-state index in [1.165, 1.54) is 4.90 Å². The van der Waals surface area contributed by atoms with Gasteiger partial charge in [0.25, 0.3) is 11.8 Å². The summed E-state index contributed by atoms with van der Waals surface area (Å²) < 4.78 is 7.88. The number of imidazole rings is 1. The minimum absolute atomic E-state index is 0.191. The van der Waals surface area contributed by atoms with Crippen molar-refractivity contribution in [3.8, 4) is 29.3 Å². The molecule has 0 bridgehead atoms. The molecule has 5 aromatic rings. The number of anilines is 1. The second-order valence-corrected chi connectivity index (χ2v) is 13.7. The van der Waals surface area contributed by atoms with Gasteiger partial charge in [-0.2, -0.15) is 10.5 Å². The van der Waals surface area contributed by atoms with Crippen LogP contribution >= 0.6 is 11.6 Å². The first-order chi connectivity index (χ1) is 24.3. The number of methoxy groups -OCH3 is 1. The van der Waals surface area contributed by atoms with Crippen LogP contribution in [-0.4, -0.2) is 47.5 Å². The molecule has 0 saturated heterocycles. The molecule has 1 aromatic heterocycles. The normalized spacial score (nSPS) is 13.2. The molecule has 256 valence electrons. The van der Waals surface area contributed by atoms with E-state index in [1.807, 2.05) is 69.5 Å². The van der Waals surface area contributed by atoms with Crippen molar-refractivity contribution in [3.05, 3.63) is 134 Å². The van der Waals surface area contributed by atoms with Gasteiger partial charge in [-0.3, -0.25) is 14.5 Å². The Hall–Kier alpha value is -5.90. The van der Waals surface area contributed by atoms with Gasteiger partial charge in [-0.25, -0.2) is 4.98 Å². The Bertz CT molecular complexity index is 2280. The first-order valence-electron chi connectivity index (χ1n) is 16.5. The smallest absolute Gasteiger partial charge is 0.280 e. The predicted octanol–water partition coefficient (Wildman–Crippen LogP) is 8.12. The van der Waals surface area contributed by atoms with Gasteiger partial charge in [0.15, 0.2) is 5.69 Å². The van der Waals surface area contributed by atoms with E-state index < -0.39 is 5.54 Å². The summed E-state index contributed by atoms with van der Waals surface area (Å²) in [6.07, 6.45) is 0. The van der Waals surface area contributed by atoms with Gasteiger partial charge < -0.3 is 14.2 Å². The van der Waals surface area contributed by atoms with Gasteiger partial charge >= 0.3 is 0 Å². The number of carbonyl (C=O) groups is 2. The van der Waals surface area contributed by atoms with Gasteiger partial charge in [0, 0.05) is 30.7 Å². The van der Waals surface area contributed by atoms with Crippen LogP contribution < -0.4 is 9.64 Å². The van der Waals surface area contributed by atoms with E-state index in [1.54, 1.807) is 68.6 Å². The minimum Gasteiger partial charge on any atom is -0.496 e. The number of carbonyl (C=O) groups excluding carboxylic acids is 2. The molecule has 0 aliphatic carbocycles. The molecule has 0 unspecified atom stereocenters. The standard InChI is InChI=1S/C41H37ClN6O3/c1-23(2)47-37-36(45-38(47)31-19-29(39(49)46(6)7)12-16-35(31)51-8)40(50)48(34-20-30(42)13-9-24(34)3)41(37,32-14-10-27(21-43)17-25(32)4)33-15-11-28(22-44)18-26(33)5/h9-20,23H,1-8H3. The number of hydrogen-bond donors (Lipinski definition) is 0. The summed E-state index contributed by atoms with van der Waals surface area (Å²) in [5.41, 5.74) is 5.84. The van der Waals surface area contributed by atoms with Gasteiger partial charge in [0.05, 0.1) is 47.3 Å². The van der Waals surface area contributed by atoms with Crippen LogP contribution in [0.2, 0.25) is 5.02 Å². The third kappa shape index (κ3) is 5.42. The zero-order chi connectivity index (χ0) is 36.9. The second-order valence-electron chi connectivity index (χ2n) is 13.3. The van der Waals surface area contributed by atoms with E-state index in [0.717, 1.165) is 27.8 Å². The van der Waals surface area contributed by atoms with E-state index >= 15 is 4.79 Å².